The van der Waals surface area contributed by atoms with Gasteiger partial charge in [0.25, 0.3) is 0 Å². The number of nitrogens with zero attached hydrogens (tertiary/aromatic N) is 2. The van der Waals surface area contributed by atoms with Crippen molar-refractivity contribution in [3.05, 3.63) is 65.5 Å². The fraction of sp³-hybridized carbons (Fsp3) is 0.333. The molecule has 0 saturated carbocycles. The molecular formula is C21H25N5. The second kappa shape index (κ2) is 7.60. The highest BCUT2D eigenvalue weighted by Crippen LogP contribution is 2.21. The molecule has 0 bridgehead atoms. The summed E-state index contributed by atoms with van der Waals surface area (Å²) >= 11 is 0. The van der Waals surface area contributed by atoms with Crippen LogP contribution in [0.5, 0.6) is 0 Å². The maximum absolute atomic E-state index is 4.39. The van der Waals surface area contributed by atoms with Crippen molar-refractivity contribution < 1.29 is 0 Å². The van der Waals surface area contributed by atoms with Gasteiger partial charge in [0.1, 0.15) is 5.65 Å². The maximum Gasteiger partial charge on any atom is 0.191 e. The molecule has 4 rings (SSSR count). The van der Waals surface area contributed by atoms with Crippen LogP contribution in [0.15, 0.2) is 53.8 Å². The van der Waals surface area contributed by atoms with E-state index in [1.807, 2.05) is 25.5 Å². The van der Waals surface area contributed by atoms with Gasteiger partial charge in [-0.2, -0.15) is 0 Å². The van der Waals surface area contributed by atoms with Crippen LogP contribution >= 0.6 is 0 Å². The Morgan fingerprint density at radius 1 is 1.23 bits per heavy atom. The van der Waals surface area contributed by atoms with Crippen LogP contribution in [-0.4, -0.2) is 35.6 Å². The van der Waals surface area contributed by atoms with E-state index >= 15 is 0 Å². The molecule has 1 aromatic carbocycles. The molecule has 0 spiro atoms. The van der Waals surface area contributed by atoms with E-state index < -0.39 is 0 Å². The Morgan fingerprint density at radius 2 is 2.12 bits per heavy atom. The van der Waals surface area contributed by atoms with Crippen molar-refractivity contribution in [2.24, 2.45) is 4.99 Å². The first-order chi connectivity index (χ1) is 12.8. The molecule has 0 fully saturated rings. The third-order valence-corrected chi connectivity index (χ3v) is 5.13. The van der Waals surface area contributed by atoms with Crippen molar-refractivity contribution in [2.75, 3.05) is 13.6 Å². The van der Waals surface area contributed by atoms with Gasteiger partial charge in [-0.25, -0.2) is 4.98 Å². The Balaban J connectivity index is 1.31. The minimum Gasteiger partial charge on any atom is -0.356 e. The Hall–Kier alpha value is -2.82. The molecule has 5 nitrogen and oxygen atoms in total. The second-order valence-electron chi connectivity index (χ2n) is 6.82. The Morgan fingerprint density at radius 3 is 3.00 bits per heavy atom. The monoisotopic (exact) mass is 347 g/mol. The number of hydrogen-bond donors (Lipinski definition) is 3. The lowest BCUT2D eigenvalue weighted by atomic mass is 9.88. The molecule has 0 saturated heterocycles. The first-order valence-corrected chi connectivity index (χ1v) is 9.28. The van der Waals surface area contributed by atoms with Crippen LogP contribution in [0.25, 0.3) is 11.0 Å². The Bertz CT molecular complexity index is 911. The quantitative estimate of drug-likeness (QED) is 0.502. The summed E-state index contributed by atoms with van der Waals surface area (Å²) in [5.41, 5.74) is 5.17. The summed E-state index contributed by atoms with van der Waals surface area (Å²) in [6.07, 6.45) is 8.13. The zero-order chi connectivity index (χ0) is 17.8. The SMILES string of the molecule is CN=C(NCCc1c[nH]c2ncccc12)NC1CCc2ccccc2C1. The molecule has 1 aliphatic carbocycles. The first kappa shape index (κ1) is 16.6. The van der Waals surface area contributed by atoms with Gasteiger partial charge in [0, 0.05) is 37.4 Å². The van der Waals surface area contributed by atoms with Crippen LogP contribution in [0.2, 0.25) is 0 Å². The lowest BCUT2D eigenvalue weighted by Gasteiger charge is -2.27. The smallest absolute Gasteiger partial charge is 0.191 e. The molecule has 5 heteroatoms. The summed E-state index contributed by atoms with van der Waals surface area (Å²) in [6, 6.07) is 13.3. The van der Waals surface area contributed by atoms with Gasteiger partial charge < -0.3 is 15.6 Å². The highest BCUT2D eigenvalue weighted by molar-refractivity contribution is 5.81. The summed E-state index contributed by atoms with van der Waals surface area (Å²) in [7, 11) is 1.84. The number of rotatable bonds is 4. The first-order valence-electron chi connectivity index (χ1n) is 9.28. The van der Waals surface area contributed by atoms with Gasteiger partial charge in [-0.1, -0.05) is 24.3 Å². The topological polar surface area (TPSA) is 65.1 Å². The Labute approximate surface area is 154 Å². The molecule has 3 aromatic rings. The second-order valence-corrected chi connectivity index (χ2v) is 6.82. The molecule has 26 heavy (non-hydrogen) atoms. The van der Waals surface area contributed by atoms with E-state index in [2.05, 4.69) is 55.9 Å². The van der Waals surface area contributed by atoms with Crippen molar-refractivity contribution >= 4 is 17.0 Å². The summed E-state index contributed by atoms with van der Waals surface area (Å²) in [5, 5.41) is 8.23. The fourth-order valence-corrected chi connectivity index (χ4v) is 3.74. The predicted octanol–water partition coefficient (Wildman–Crippen LogP) is 2.83. The van der Waals surface area contributed by atoms with E-state index in [0.717, 1.165) is 43.8 Å². The van der Waals surface area contributed by atoms with E-state index in [1.165, 1.54) is 22.1 Å². The van der Waals surface area contributed by atoms with Gasteiger partial charge in [-0.3, -0.25) is 4.99 Å². The number of benzene rings is 1. The van der Waals surface area contributed by atoms with Crippen molar-refractivity contribution in [3.8, 4) is 0 Å². The largest absolute Gasteiger partial charge is 0.356 e. The number of H-pyrrole nitrogens is 1. The normalized spacial score (nSPS) is 17.1. The van der Waals surface area contributed by atoms with Crippen LogP contribution in [-0.2, 0) is 19.3 Å². The molecular weight excluding hydrogens is 322 g/mol. The Kier molecular flexibility index (Phi) is 4.86. The van der Waals surface area contributed by atoms with Crippen LogP contribution in [0, 0.1) is 0 Å². The number of fused-ring (bicyclic) bond motifs is 2. The van der Waals surface area contributed by atoms with Gasteiger partial charge in [0.2, 0.25) is 0 Å². The number of nitrogens with one attached hydrogen (secondary N) is 3. The van der Waals surface area contributed by atoms with Crippen LogP contribution in [0.1, 0.15) is 23.1 Å². The average molecular weight is 347 g/mol. The summed E-state index contributed by atoms with van der Waals surface area (Å²) in [6.45, 7) is 0.838. The van der Waals surface area contributed by atoms with Crippen LogP contribution < -0.4 is 10.6 Å². The summed E-state index contributed by atoms with van der Waals surface area (Å²) in [5.74, 6) is 0.882. The number of aromatic amines is 1. The van der Waals surface area contributed by atoms with Gasteiger partial charge in [-0.05, 0) is 54.5 Å². The third-order valence-electron chi connectivity index (χ3n) is 5.13. The van der Waals surface area contributed by atoms with Crippen molar-refractivity contribution in [2.45, 2.75) is 31.7 Å². The molecule has 2 aromatic heterocycles. The minimum atomic E-state index is 0.438. The molecule has 1 atom stereocenters. The van der Waals surface area contributed by atoms with Crippen LogP contribution in [0.3, 0.4) is 0 Å². The molecule has 1 unspecified atom stereocenters. The lowest BCUT2D eigenvalue weighted by molar-refractivity contribution is 0.521. The zero-order valence-corrected chi connectivity index (χ0v) is 15.1. The number of aryl methyl sites for hydroxylation is 1. The molecule has 3 N–H and O–H groups in total. The van der Waals surface area contributed by atoms with E-state index in [0.29, 0.717) is 6.04 Å². The van der Waals surface area contributed by atoms with Gasteiger partial charge in [0.05, 0.1) is 0 Å². The molecule has 0 aliphatic heterocycles. The average Bonchev–Trinajstić information content (AvgIpc) is 3.10. The summed E-state index contributed by atoms with van der Waals surface area (Å²) in [4.78, 5) is 12.0. The van der Waals surface area contributed by atoms with Gasteiger partial charge in [0.15, 0.2) is 5.96 Å². The number of hydrogen-bond acceptors (Lipinski definition) is 2. The highest BCUT2D eigenvalue weighted by atomic mass is 15.2. The number of guanidine groups is 1. The minimum absolute atomic E-state index is 0.438. The standard InChI is InChI=1S/C21H25N5/c1-22-21(26-18-9-8-15-5-2-3-6-16(15)13-18)24-12-10-17-14-25-20-19(17)7-4-11-23-20/h2-7,11,14,18H,8-10,12-13H2,1H3,(H,23,25)(H2,22,24,26). The number of pyridine rings is 1. The maximum atomic E-state index is 4.39. The van der Waals surface area contributed by atoms with Crippen LogP contribution in [0.4, 0.5) is 0 Å². The molecule has 0 amide bonds. The van der Waals surface area contributed by atoms with E-state index in [1.54, 1.807) is 0 Å². The third kappa shape index (κ3) is 3.57. The highest BCUT2D eigenvalue weighted by Gasteiger charge is 2.18. The molecule has 2 heterocycles. The summed E-state index contributed by atoms with van der Waals surface area (Å²) < 4.78 is 0. The lowest BCUT2D eigenvalue weighted by Crippen LogP contribution is -2.46. The zero-order valence-electron chi connectivity index (χ0n) is 15.1. The van der Waals surface area contributed by atoms with Crippen molar-refractivity contribution in [1.29, 1.82) is 0 Å². The van der Waals surface area contributed by atoms with E-state index in [-0.39, 0.29) is 0 Å². The molecule has 1 aliphatic rings. The van der Waals surface area contributed by atoms with Crippen molar-refractivity contribution in [1.82, 2.24) is 20.6 Å². The van der Waals surface area contributed by atoms with Crippen molar-refractivity contribution in [3.63, 3.8) is 0 Å². The number of aromatic nitrogens is 2. The van der Waals surface area contributed by atoms with E-state index in [4.69, 9.17) is 0 Å². The number of aliphatic imine (C=N–C) groups is 1. The van der Waals surface area contributed by atoms with Gasteiger partial charge >= 0.3 is 0 Å². The predicted molar refractivity (Wildman–Crippen MR) is 107 cm³/mol. The molecule has 0 radical (unpaired) electrons. The fourth-order valence-electron chi connectivity index (χ4n) is 3.74. The van der Waals surface area contributed by atoms with E-state index in [9.17, 15) is 0 Å². The molecule has 134 valence electrons. The van der Waals surface area contributed by atoms with Gasteiger partial charge in [-0.15, -0.1) is 0 Å².